The first kappa shape index (κ1) is 13.1. The molecule has 0 aromatic carbocycles. The van der Waals surface area contributed by atoms with Gasteiger partial charge in [-0.25, -0.2) is 4.98 Å². The van der Waals surface area contributed by atoms with Crippen molar-refractivity contribution in [2.45, 2.75) is 39.2 Å². The number of likely N-dealkylation sites (tertiary alicyclic amines) is 1. The van der Waals surface area contributed by atoms with Crippen molar-refractivity contribution in [1.29, 1.82) is 0 Å². The molecule has 0 radical (unpaired) electrons. The summed E-state index contributed by atoms with van der Waals surface area (Å²) >= 11 is 0. The average molecular weight is 250 g/mol. The summed E-state index contributed by atoms with van der Waals surface area (Å²) in [5, 5.41) is 3.31. The first-order valence-corrected chi connectivity index (χ1v) is 6.76. The molecule has 2 heterocycles. The van der Waals surface area contributed by atoms with E-state index in [1.54, 1.807) is 0 Å². The summed E-state index contributed by atoms with van der Waals surface area (Å²) in [5.41, 5.74) is -0.0854. The van der Waals surface area contributed by atoms with E-state index in [2.05, 4.69) is 27.1 Å². The zero-order valence-corrected chi connectivity index (χ0v) is 11.2. The average Bonchev–Trinajstić information content (AvgIpc) is 2.80. The van der Waals surface area contributed by atoms with Crippen molar-refractivity contribution in [2.24, 2.45) is 0 Å². The van der Waals surface area contributed by atoms with Gasteiger partial charge in [-0.05, 0) is 32.9 Å². The Balaban J connectivity index is 1.95. The summed E-state index contributed by atoms with van der Waals surface area (Å²) in [6, 6.07) is 1.83. The van der Waals surface area contributed by atoms with Gasteiger partial charge in [0.05, 0.1) is 0 Å². The summed E-state index contributed by atoms with van der Waals surface area (Å²) in [7, 11) is 0. The molecule has 0 saturated carbocycles. The van der Waals surface area contributed by atoms with E-state index in [0.717, 1.165) is 18.8 Å². The summed E-state index contributed by atoms with van der Waals surface area (Å²) in [6.07, 6.45) is 3.34. The molecule has 2 rings (SSSR count). The van der Waals surface area contributed by atoms with E-state index in [1.165, 1.54) is 32.0 Å². The number of nitrogens with one attached hydrogen (secondary N) is 2. The lowest BCUT2D eigenvalue weighted by Gasteiger charge is -2.21. The SMILES string of the molecule is CCc1nc(NC(C)CN2CCCC2)cc(=O)[nH]1. The molecule has 2 N–H and O–H groups in total. The molecule has 1 aromatic heterocycles. The number of H-pyrrole nitrogens is 1. The molecule has 0 amide bonds. The van der Waals surface area contributed by atoms with Crippen molar-refractivity contribution in [3.63, 3.8) is 0 Å². The number of hydrogen-bond donors (Lipinski definition) is 2. The van der Waals surface area contributed by atoms with Gasteiger partial charge in [-0.1, -0.05) is 6.92 Å². The van der Waals surface area contributed by atoms with Crippen LogP contribution in [0.5, 0.6) is 0 Å². The highest BCUT2D eigenvalue weighted by Gasteiger charge is 2.14. The van der Waals surface area contributed by atoms with Crippen LogP contribution in [-0.4, -0.2) is 40.5 Å². The maximum absolute atomic E-state index is 11.5. The van der Waals surface area contributed by atoms with Gasteiger partial charge >= 0.3 is 0 Å². The van der Waals surface area contributed by atoms with Gasteiger partial charge in [-0.3, -0.25) is 4.79 Å². The summed E-state index contributed by atoms with van der Waals surface area (Å²) in [6.45, 7) is 7.50. The largest absolute Gasteiger partial charge is 0.366 e. The van der Waals surface area contributed by atoms with Gasteiger partial charge in [0.25, 0.3) is 5.56 Å². The topological polar surface area (TPSA) is 61.0 Å². The van der Waals surface area contributed by atoms with E-state index in [4.69, 9.17) is 0 Å². The Bertz CT molecular complexity index is 437. The minimum absolute atomic E-state index is 0.0854. The number of nitrogens with zero attached hydrogens (tertiary/aromatic N) is 2. The Morgan fingerprint density at radius 1 is 1.50 bits per heavy atom. The third kappa shape index (κ3) is 3.57. The molecule has 1 aliphatic heterocycles. The fraction of sp³-hybridized carbons (Fsp3) is 0.692. The molecule has 1 aromatic rings. The van der Waals surface area contributed by atoms with Crippen LogP contribution < -0.4 is 10.9 Å². The predicted molar refractivity (Wildman–Crippen MR) is 73.0 cm³/mol. The van der Waals surface area contributed by atoms with E-state index in [9.17, 15) is 4.79 Å². The number of hydrogen-bond acceptors (Lipinski definition) is 4. The molecular formula is C13H22N4O. The van der Waals surface area contributed by atoms with E-state index in [0.29, 0.717) is 11.9 Å². The second-order valence-corrected chi connectivity index (χ2v) is 4.98. The van der Waals surface area contributed by atoms with Gasteiger partial charge < -0.3 is 15.2 Å². The molecule has 0 bridgehead atoms. The van der Waals surface area contributed by atoms with Gasteiger partial charge in [-0.2, -0.15) is 0 Å². The van der Waals surface area contributed by atoms with Gasteiger partial charge in [0.1, 0.15) is 11.6 Å². The van der Waals surface area contributed by atoms with E-state index >= 15 is 0 Å². The first-order chi connectivity index (χ1) is 8.67. The third-order valence-electron chi connectivity index (χ3n) is 3.25. The van der Waals surface area contributed by atoms with Crippen molar-refractivity contribution in [3.8, 4) is 0 Å². The van der Waals surface area contributed by atoms with Gasteiger partial charge in [0, 0.05) is 25.1 Å². The maximum atomic E-state index is 11.5. The fourth-order valence-corrected chi connectivity index (χ4v) is 2.40. The maximum Gasteiger partial charge on any atom is 0.252 e. The lowest BCUT2D eigenvalue weighted by atomic mass is 10.3. The van der Waals surface area contributed by atoms with Crippen LogP contribution >= 0.6 is 0 Å². The molecule has 1 fully saturated rings. The molecule has 5 heteroatoms. The third-order valence-corrected chi connectivity index (χ3v) is 3.25. The molecule has 1 aliphatic rings. The van der Waals surface area contributed by atoms with Crippen molar-refractivity contribution < 1.29 is 0 Å². The van der Waals surface area contributed by atoms with Crippen LogP contribution in [0.3, 0.4) is 0 Å². The van der Waals surface area contributed by atoms with Crippen LogP contribution in [0.15, 0.2) is 10.9 Å². The molecular weight excluding hydrogens is 228 g/mol. The number of aromatic nitrogens is 2. The standard InChI is InChI=1S/C13H22N4O/c1-3-11-15-12(8-13(18)16-11)14-10(2)9-17-6-4-5-7-17/h8,10H,3-7,9H2,1-2H3,(H2,14,15,16,18). The highest BCUT2D eigenvalue weighted by molar-refractivity contribution is 5.34. The molecule has 100 valence electrons. The molecule has 0 aliphatic carbocycles. The molecule has 1 unspecified atom stereocenters. The quantitative estimate of drug-likeness (QED) is 0.825. The Kier molecular flexibility index (Phi) is 4.36. The van der Waals surface area contributed by atoms with Crippen molar-refractivity contribution in [2.75, 3.05) is 25.0 Å². The molecule has 1 saturated heterocycles. The smallest absolute Gasteiger partial charge is 0.252 e. The van der Waals surface area contributed by atoms with Crippen molar-refractivity contribution >= 4 is 5.82 Å². The minimum Gasteiger partial charge on any atom is -0.366 e. The summed E-state index contributed by atoms with van der Waals surface area (Å²) in [4.78, 5) is 21.0. The normalized spacial score (nSPS) is 17.9. The molecule has 1 atom stereocenters. The van der Waals surface area contributed by atoms with Gasteiger partial charge in [0.15, 0.2) is 0 Å². The Hall–Kier alpha value is -1.36. The Morgan fingerprint density at radius 3 is 2.89 bits per heavy atom. The minimum atomic E-state index is -0.0854. The summed E-state index contributed by atoms with van der Waals surface area (Å²) in [5.74, 6) is 1.42. The van der Waals surface area contributed by atoms with Crippen LogP contribution in [-0.2, 0) is 6.42 Å². The van der Waals surface area contributed by atoms with E-state index in [-0.39, 0.29) is 5.56 Å². The van der Waals surface area contributed by atoms with Crippen LogP contribution in [0.2, 0.25) is 0 Å². The van der Waals surface area contributed by atoms with Crippen LogP contribution in [0, 0.1) is 0 Å². The highest BCUT2D eigenvalue weighted by Crippen LogP contribution is 2.09. The number of anilines is 1. The fourth-order valence-electron chi connectivity index (χ4n) is 2.40. The van der Waals surface area contributed by atoms with Gasteiger partial charge in [-0.15, -0.1) is 0 Å². The zero-order chi connectivity index (χ0) is 13.0. The first-order valence-electron chi connectivity index (χ1n) is 6.76. The highest BCUT2D eigenvalue weighted by atomic mass is 16.1. The lowest BCUT2D eigenvalue weighted by Crippen LogP contribution is -2.33. The number of rotatable bonds is 5. The predicted octanol–water partition coefficient (Wildman–Crippen LogP) is 1.23. The number of aromatic amines is 1. The second kappa shape index (κ2) is 6.00. The van der Waals surface area contributed by atoms with E-state index in [1.807, 2.05) is 6.92 Å². The van der Waals surface area contributed by atoms with E-state index < -0.39 is 0 Å². The molecule has 18 heavy (non-hydrogen) atoms. The van der Waals surface area contributed by atoms with Gasteiger partial charge in [0.2, 0.25) is 0 Å². The Morgan fingerprint density at radius 2 is 2.22 bits per heavy atom. The Labute approximate surface area is 108 Å². The molecule has 5 nitrogen and oxygen atoms in total. The molecule has 0 spiro atoms. The van der Waals surface area contributed by atoms with Crippen molar-refractivity contribution in [3.05, 3.63) is 22.2 Å². The van der Waals surface area contributed by atoms with Crippen molar-refractivity contribution in [1.82, 2.24) is 14.9 Å². The second-order valence-electron chi connectivity index (χ2n) is 4.98. The zero-order valence-electron chi connectivity index (χ0n) is 11.2. The van der Waals surface area contributed by atoms with Crippen LogP contribution in [0.4, 0.5) is 5.82 Å². The summed E-state index contributed by atoms with van der Waals surface area (Å²) < 4.78 is 0. The monoisotopic (exact) mass is 250 g/mol. The van der Waals surface area contributed by atoms with Crippen LogP contribution in [0.1, 0.15) is 32.5 Å². The number of aryl methyl sites for hydroxylation is 1. The lowest BCUT2D eigenvalue weighted by molar-refractivity contribution is 0.327. The van der Waals surface area contributed by atoms with Crippen LogP contribution in [0.25, 0.3) is 0 Å².